The second kappa shape index (κ2) is 40.7. The quantitative estimate of drug-likeness (QED) is 0.0258. The van der Waals surface area contributed by atoms with Crippen molar-refractivity contribution in [2.24, 2.45) is 0 Å². The molecule has 0 aromatic heterocycles. The number of hydrogen-bond acceptors (Lipinski definition) is 9. The molecule has 0 aliphatic rings. The summed E-state index contributed by atoms with van der Waals surface area (Å²) in [6.07, 6.45) is 39.8. The van der Waals surface area contributed by atoms with Crippen molar-refractivity contribution in [2.45, 2.75) is 207 Å². The van der Waals surface area contributed by atoms with Crippen LogP contribution in [-0.4, -0.2) is 70.0 Å². The first-order valence-corrected chi connectivity index (χ1v) is 24.1. The summed E-state index contributed by atoms with van der Waals surface area (Å²) >= 11 is 0. The van der Waals surface area contributed by atoms with Crippen molar-refractivity contribution in [1.29, 1.82) is 0 Å². The molecule has 0 fully saturated rings. The van der Waals surface area contributed by atoms with Crippen molar-refractivity contribution in [2.75, 3.05) is 47.1 Å². The zero-order valence-corrected chi connectivity index (χ0v) is 37.3. The zero-order chi connectivity index (χ0) is 40.5. The van der Waals surface area contributed by atoms with Crippen LogP contribution in [0.3, 0.4) is 0 Å². The Kier molecular flexibility index (Phi) is 39.6. The minimum Gasteiger partial charge on any atom is -0.462 e. The number of phosphoric ester groups is 1. The van der Waals surface area contributed by atoms with Crippen LogP contribution in [0.25, 0.3) is 0 Å². The van der Waals surface area contributed by atoms with Crippen molar-refractivity contribution in [3.8, 4) is 0 Å². The summed E-state index contributed by atoms with van der Waals surface area (Å²) in [6, 6.07) is 0. The fraction of sp³-hybridized carbons (Fsp3) is 0.867. The summed E-state index contributed by atoms with van der Waals surface area (Å²) in [5.74, 6) is -0.731. The lowest BCUT2D eigenvalue weighted by molar-refractivity contribution is -0.161. The Hall–Kier alpha value is -1.51. The van der Waals surface area contributed by atoms with Crippen molar-refractivity contribution in [3.05, 3.63) is 24.3 Å². The molecule has 0 aromatic rings. The number of phosphoric acid groups is 1. The van der Waals surface area contributed by atoms with E-state index in [0.717, 1.165) is 70.6 Å². The van der Waals surface area contributed by atoms with E-state index in [1.807, 2.05) is 19.0 Å². The van der Waals surface area contributed by atoms with Gasteiger partial charge in [0.2, 0.25) is 0 Å². The highest BCUT2D eigenvalue weighted by atomic mass is 31.2. The normalized spacial score (nSPS) is 13.6. The van der Waals surface area contributed by atoms with E-state index in [9.17, 15) is 14.2 Å². The molecule has 0 aliphatic carbocycles. The SMILES string of the molecule is CCCCCCCCC=CCCCCCCCC(=O)OCC(COP(=O)(OCC)OCCN(C)C)OC(=O)CCCCCCCC=CCCCCCCCC. The van der Waals surface area contributed by atoms with Gasteiger partial charge in [0.1, 0.15) is 6.61 Å². The minimum absolute atomic E-state index is 0.129. The number of unbranched alkanes of at least 4 members (excludes halogenated alkanes) is 22. The molecule has 0 saturated heterocycles. The molecular formula is C45H86NO8P. The van der Waals surface area contributed by atoms with Gasteiger partial charge < -0.3 is 14.4 Å². The highest BCUT2D eigenvalue weighted by molar-refractivity contribution is 7.48. The molecule has 9 nitrogen and oxygen atoms in total. The molecule has 2 atom stereocenters. The van der Waals surface area contributed by atoms with Crippen LogP contribution in [0.2, 0.25) is 0 Å². The third kappa shape index (κ3) is 39.1. The van der Waals surface area contributed by atoms with Crippen molar-refractivity contribution >= 4 is 19.8 Å². The van der Waals surface area contributed by atoms with E-state index < -0.39 is 13.9 Å². The summed E-state index contributed by atoms with van der Waals surface area (Å²) in [5, 5.41) is 0. The van der Waals surface area contributed by atoms with Gasteiger partial charge in [-0.1, -0.05) is 141 Å². The van der Waals surface area contributed by atoms with E-state index in [1.54, 1.807) is 6.92 Å². The van der Waals surface area contributed by atoms with Gasteiger partial charge in [0.25, 0.3) is 0 Å². The van der Waals surface area contributed by atoms with Gasteiger partial charge in [-0.25, -0.2) is 4.57 Å². The van der Waals surface area contributed by atoms with Gasteiger partial charge in [0.05, 0.1) is 19.8 Å². The predicted molar refractivity (Wildman–Crippen MR) is 229 cm³/mol. The maximum Gasteiger partial charge on any atom is 0.474 e. The van der Waals surface area contributed by atoms with Crippen LogP contribution in [0.1, 0.15) is 201 Å². The first-order chi connectivity index (χ1) is 26.8. The summed E-state index contributed by atoms with van der Waals surface area (Å²) in [6.45, 7) is 6.58. The molecule has 0 aromatic carbocycles. The third-order valence-electron chi connectivity index (χ3n) is 9.51. The molecule has 0 rings (SSSR count). The van der Waals surface area contributed by atoms with Crippen LogP contribution in [-0.2, 0) is 37.2 Å². The molecule has 0 N–H and O–H groups in total. The number of hydrogen-bond donors (Lipinski definition) is 0. The number of esters is 2. The van der Waals surface area contributed by atoms with Gasteiger partial charge >= 0.3 is 19.8 Å². The Bertz CT molecular complexity index is 973. The lowest BCUT2D eigenvalue weighted by atomic mass is 10.1. The van der Waals surface area contributed by atoms with Gasteiger partial charge in [0, 0.05) is 19.4 Å². The van der Waals surface area contributed by atoms with E-state index in [2.05, 4.69) is 38.2 Å². The average Bonchev–Trinajstić information content (AvgIpc) is 3.15. The molecule has 0 aliphatic heterocycles. The fourth-order valence-electron chi connectivity index (χ4n) is 6.08. The molecule has 10 heteroatoms. The lowest BCUT2D eigenvalue weighted by Gasteiger charge is -2.22. The smallest absolute Gasteiger partial charge is 0.462 e. The minimum atomic E-state index is -3.89. The van der Waals surface area contributed by atoms with Gasteiger partial charge in [-0.3, -0.25) is 23.2 Å². The van der Waals surface area contributed by atoms with Crippen molar-refractivity contribution < 1.29 is 37.2 Å². The molecule has 0 amide bonds. The van der Waals surface area contributed by atoms with E-state index in [1.165, 1.54) is 96.3 Å². The number of carbonyl (C=O) groups is 2. The van der Waals surface area contributed by atoms with E-state index in [-0.39, 0.29) is 44.8 Å². The second-order valence-electron chi connectivity index (χ2n) is 15.3. The third-order valence-corrected chi connectivity index (χ3v) is 11.0. The Morgan fingerprint density at radius 1 is 0.527 bits per heavy atom. The standard InChI is InChI=1S/C45H86NO8P/c1-6-9-11-13-15-17-19-21-23-25-27-29-31-33-35-37-44(47)50-41-43(42-53-55(49,51-8-3)52-40-39-46(4)5)54-45(48)38-36-34-32-30-28-26-24-22-20-18-16-14-12-10-7-2/h21-24,43H,6-20,25-42H2,1-5H3. The maximum absolute atomic E-state index is 13.2. The Morgan fingerprint density at radius 2 is 0.945 bits per heavy atom. The largest absolute Gasteiger partial charge is 0.474 e. The van der Waals surface area contributed by atoms with Crippen molar-refractivity contribution in [3.63, 3.8) is 0 Å². The van der Waals surface area contributed by atoms with Crippen LogP contribution < -0.4 is 0 Å². The number of nitrogens with zero attached hydrogens (tertiary/aromatic N) is 1. The number of carbonyl (C=O) groups excluding carboxylic acids is 2. The molecule has 0 saturated carbocycles. The molecule has 0 heterocycles. The Balaban J connectivity index is 4.50. The predicted octanol–water partition coefficient (Wildman–Crippen LogP) is 13.3. The lowest BCUT2D eigenvalue weighted by Crippen LogP contribution is -2.30. The number of rotatable bonds is 42. The highest BCUT2D eigenvalue weighted by Crippen LogP contribution is 2.49. The first kappa shape index (κ1) is 53.5. The second-order valence-corrected chi connectivity index (χ2v) is 16.9. The summed E-state index contributed by atoms with van der Waals surface area (Å²) in [5.41, 5.74) is 0. The van der Waals surface area contributed by atoms with Crippen molar-refractivity contribution in [1.82, 2.24) is 4.90 Å². The highest BCUT2D eigenvalue weighted by Gasteiger charge is 2.29. The van der Waals surface area contributed by atoms with Gasteiger partial charge in [0.15, 0.2) is 6.10 Å². The van der Waals surface area contributed by atoms with Crippen LogP contribution in [0.5, 0.6) is 0 Å². The molecular weight excluding hydrogens is 713 g/mol. The Morgan fingerprint density at radius 3 is 1.38 bits per heavy atom. The van der Waals surface area contributed by atoms with E-state index in [0.29, 0.717) is 13.0 Å². The summed E-state index contributed by atoms with van der Waals surface area (Å²) < 4.78 is 40.7. The molecule has 2 unspecified atom stereocenters. The zero-order valence-electron chi connectivity index (χ0n) is 36.4. The number of allylic oxidation sites excluding steroid dienone is 4. The molecule has 55 heavy (non-hydrogen) atoms. The van der Waals surface area contributed by atoms with Crippen LogP contribution in [0.4, 0.5) is 0 Å². The molecule has 0 bridgehead atoms. The molecule has 0 radical (unpaired) electrons. The number of likely N-dealkylation sites (N-methyl/N-ethyl adjacent to an activating group) is 1. The molecule has 0 spiro atoms. The topological polar surface area (TPSA) is 101 Å². The van der Waals surface area contributed by atoms with Crippen LogP contribution in [0.15, 0.2) is 24.3 Å². The number of ether oxygens (including phenoxy) is 2. The monoisotopic (exact) mass is 800 g/mol. The summed E-state index contributed by atoms with van der Waals surface area (Å²) in [4.78, 5) is 27.3. The van der Waals surface area contributed by atoms with Gasteiger partial charge in [-0.15, -0.1) is 0 Å². The van der Waals surface area contributed by atoms with Gasteiger partial charge in [-0.05, 0) is 85.2 Å². The van der Waals surface area contributed by atoms with E-state index >= 15 is 0 Å². The van der Waals surface area contributed by atoms with E-state index in [4.69, 9.17) is 23.0 Å². The van der Waals surface area contributed by atoms with Crippen LogP contribution in [0, 0.1) is 0 Å². The fourth-order valence-corrected chi connectivity index (χ4v) is 7.27. The maximum atomic E-state index is 13.2. The average molecular weight is 800 g/mol. The van der Waals surface area contributed by atoms with Gasteiger partial charge in [-0.2, -0.15) is 0 Å². The van der Waals surface area contributed by atoms with Crippen LogP contribution >= 0.6 is 7.82 Å². The summed E-state index contributed by atoms with van der Waals surface area (Å²) in [7, 11) is -0.124. The molecule has 324 valence electrons. The Labute approximate surface area is 339 Å². The first-order valence-electron chi connectivity index (χ1n) is 22.6.